The van der Waals surface area contributed by atoms with Crippen molar-refractivity contribution < 1.29 is 14.2 Å². The molecule has 1 aliphatic heterocycles. The van der Waals surface area contributed by atoms with Gasteiger partial charge in [-0.15, -0.1) is 0 Å². The molecule has 1 atom stereocenters. The second-order valence-corrected chi connectivity index (χ2v) is 5.24. The fourth-order valence-electron chi connectivity index (χ4n) is 2.17. The van der Waals surface area contributed by atoms with E-state index in [2.05, 4.69) is 15.9 Å². The molecule has 0 aliphatic carbocycles. The van der Waals surface area contributed by atoms with Crippen LogP contribution >= 0.6 is 15.9 Å². The summed E-state index contributed by atoms with van der Waals surface area (Å²) in [5, 5.41) is 9.09. The monoisotopic (exact) mass is 302 g/mol. The summed E-state index contributed by atoms with van der Waals surface area (Å²) in [7, 11) is 0. The summed E-state index contributed by atoms with van der Waals surface area (Å²) in [6, 6.07) is 3.35. The first-order valence-electron chi connectivity index (χ1n) is 5.90. The minimum atomic E-state index is -0.222. The lowest BCUT2D eigenvalue weighted by Gasteiger charge is -2.11. The molecule has 2 nitrogen and oxygen atoms in total. The Bertz CT molecular complexity index is 389. The number of benzene rings is 1. The highest BCUT2D eigenvalue weighted by Gasteiger charge is 2.17. The van der Waals surface area contributed by atoms with E-state index < -0.39 is 0 Å². The molecule has 2 rings (SSSR count). The van der Waals surface area contributed by atoms with Crippen molar-refractivity contribution >= 4 is 15.9 Å². The Kier molecular flexibility index (Phi) is 4.54. The van der Waals surface area contributed by atoms with Crippen LogP contribution in [0, 0.1) is 5.82 Å². The number of aliphatic hydroxyl groups is 1. The average molecular weight is 303 g/mol. The van der Waals surface area contributed by atoms with Gasteiger partial charge in [0, 0.05) is 6.61 Å². The zero-order valence-corrected chi connectivity index (χ0v) is 11.2. The lowest BCUT2D eigenvalue weighted by Crippen LogP contribution is -2.07. The summed E-state index contributed by atoms with van der Waals surface area (Å²) >= 11 is 3.17. The summed E-state index contributed by atoms with van der Waals surface area (Å²) in [4.78, 5) is 0. The Labute approximate surface area is 109 Å². The Morgan fingerprint density at radius 1 is 1.47 bits per heavy atom. The first kappa shape index (κ1) is 13.0. The maximum Gasteiger partial charge on any atom is 0.140 e. The van der Waals surface area contributed by atoms with Crippen LogP contribution < -0.4 is 0 Å². The molecule has 0 aromatic heterocycles. The molecule has 1 heterocycles. The van der Waals surface area contributed by atoms with Gasteiger partial charge >= 0.3 is 0 Å². The van der Waals surface area contributed by atoms with Gasteiger partial charge in [0.15, 0.2) is 0 Å². The van der Waals surface area contributed by atoms with Crippen LogP contribution in [-0.2, 0) is 17.8 Å². The summed E-state index contributed by atoms with van der Waals surface area (Å²) in [6.45, 7) is 0.763. The molecule has 1 saturated heterocycles. The van der Waals surface area contributed by atoms with E-state index in [1.54, 1.807) is 12.1 Å². The van der Waals surface area contributed by atoms with Crippen molar-refractivity contribution in [3.8, 4) is 0 Å². The van der Waals surface area contributed by atoms with Crippen LogP contribution in [0.4, 0.5) is 4.39 Å². The SMILES string of the molecule is OCc1cc(Br)c(F)c(CCC2CCCO2)c1. The first-order chi connectivity index (χ1) is 8.20. The van der Waals surface area contributed by atoms with Gasteiger partial charge < -0.3 is 9.84 Å². The number of hydrogen-bond donors (Lipinski definition) is 1. The van der Waals surface area contributed by atoms with Crippen LogP contribution in [0.2, 0.25) is 0 Å². The maximum absolute atomic E-state index is 13.8. The minimum Gasteiger partial charge on any atom is -0.392 e. The van der Waals surface area contributed by atoms with Crippen LogP contribution in [-0.4, -0.2) is 17.8 Å². The van der Waals surface area contributed by atoms with E-state index in [4.69, 9.17) is 9.84 Å². The first-order valence-corrected chi connectivity index (χ1v) is 6.69. The second-order valence-electron chi connectivity index (χ2n) is 4.38. The number of ether oxygens (including phenoxy) is 1. The fourth-order valence-corrected chi connectivity index (χ4v) is 2.72. The van der Waals surface area contributed by atoms with Crippen molar-refractivity contribution in [1.82, 2.24) is 0 Å². The summed E-state index contributed by atoms with van der Waals surface area (Å²) in [6.07, 6.45) is 3.95. The van der Waals surface area contributed by atoms with Gasteiger partial charge in [-0.1, -0.05) is 6.07 Å². The van der Waals surface area contributed by atoms with Crippen LogP contribution in [0.5, 0.6) is 0 Å². The number of aliphatic hydroxyl groups excluding tert-OH is 1. The molecule has 0 bridgehead atoms. The van der Waals surface area contributed by atoms with E-state index in [1.165, 1.54) is 0 Å². The van der Waals surface area contributed by atoms with Crippen molar-refractivity contribution in [1.29, 1.82) is 0 Å². The third-order valence-electron chi connectivity index (χ3n) is 3.11. The molecular formula is C13H16BrFO2. The largest absolute Gasteiger partial charge is 0.392 e. The van der Waals surface area contributed by atoms with Gasteiger partial charge in [0.1, 0.15) is 5.82 Å². The van der Waals surface area contributed by atoms with Gasteiger partial charge in [-0.05, 0) is 58.8 Å². The van der Waals surface area contributed by atoms with Crippen molar-refractivity contribution in [2.24, 2.45) is 0 Å². The van der Waals surface area contributed by atoms with E-state index in [1.807, 2.05) is 0 Å². The van der Waals surface area contributed by atoms with Crippen LogP contribution in [0.1, 0.15) is 30.4 Å². The van der Waals surface area contributed by atoms with Crippen LogP contribution in [0.25, 0.3) is 0 Å². The van der Waals surface area contributed by atoms with Gasteiger partial charge in [0.25, 0.3) is 0 Å². The van der Waals surface area contributed by atoms with Gasteiger partial charge in [0.2, 0.25) is 0 Å². The van der Waals surface area contributed by atoms with Crippen molar-refractivity contribution in [3.05, 3.63) is 33.5 Å². The molecule has 17 heavy (non-hydrogen) atoms. The van der Waals surface area contributed by atoms with E-state index in [9.17, 15) is 4.39 Å². The molecule has 0 radical (unpaired) electrons. The van der Waals surface area contributed by atoms with E-state index in [0.29, 0.717) is 16.5 Å². The minimum absolute atomic E-state index is 0.0637. The zero-order valence-electron chi connectivity index (χ0n) is 9.59. The Hall–Kier alpha value is -0.450. The molecule has 1 aromatic carbocycles. The fraction of sp³-hybridized carbons (Fsp3) is 0.538. The number of hydrogen-bond acceptors (Lipinski definition) is 2. The van der Waals surface area contributed by atoms with Crippen LogP contribution in [0.3, 0.4) is 0 Å². The molecule has 4 heteroatoms. The number of halogens is 2. The number of aryl methyl sites for hydroxylation is 1. The summed E-state index contributed by atoms with van der Waals surface area (Å²) in [5.74, 6) is -0.222. The predicted octanol–water partition coefficient (Wildman–Crippen LogP) is 3.19. The molecule has 1 aliphatic rings. The van der Waals surface area contributed by atoms with Gasteiger partial charge in [-0.25, -0.2) is 4.39 Å². The molecule has 1 aromatic rings. The quantitative estimate of drug-likeness (QED) is 0.925. The highest BCUT2D eigenvalue weighted by Crippen LogP contribution is 2.24. The molecule has 94 valence electrons. The summed E-state index contributed by atoms with van der Waals surface area (Å²) < 4.78 is 19.8. The molecule has 0 amide bonds. The van der Waals surface area contributed by atoms with Crippen LogP contribution in [0.15, 0.2) is 16.6 Å². The lowest BCUT2D eigenvalue weighted by molar-refractivity contribution is 0.104. The molecule has 0 saturated carbocycles. The van der Waals surface area contributed by atoms with E-state index >= 15 is 0 Å². The van der Waals surface area contributed by atoms with Crippen molar-refractivity contribution in [2.45, 2.75) is 38.4 Å². The molecule has 0 spiro atoms. The van der Waals surface area contributed by atoms with Crippen molar-refractivity contribution in [2.75, 3.05) is 6.61 Å². The zero-order chi connectivity index (χ0) is 12.3. The van der Waals surface area contributed by atoms with E-state index in [0.717, 1.165) is 31.4 Å². The van der Waals surface area contributed by atoms with Gasteiger partial charge in [-0.3, -0.25) is 0 Å². The highest BCUT2D eigenvalue weighted by molar-refractivity contribution is 9.10. The highest BCUT2D eigenvalue weighted by atomic mass is 79.9. The Morgan fingerprint density at radius 2 is 2.29 bits per heavy atom. The summed E-state index contributed by atoms with van der Waals surface area (Å²) in [5.41, 5.74) is 1.39. The topological polar surface area (TPSA) is 29.5 Å². The lowest BCUT2D eigenvalue weighted by atomic mass is 10.0. The third-order valence-corrected chi connectivity index (χ3v) is 3.68. The smallest absolute Gasteiger partial charge is 0.140 e. The van der Waals surface area contributed by atoms with Gasteiger partial charge in [-0.2, -0.15) is 0 Å². The Balaban J connectivity index is 2.05. The standard InChI is InChI=1S/C13H16BrFO2/c14-12-7-9(8-16)6-10(13(12)15)3-4-11-2-1-5-17-11/h6-7,11,16H,1-5,8H2. The maximum atomic E-state index is 13.8. The molecular weight excluding hydrogens is 287 g/mol. The molecule has 1 fully saturated rings. The molecule has 1 N–H and O–H groups in total. The predicted molar refractivity (Wildman–Crippen MR) is 67.3 cm³/mol. The average Bonchev–Trinajstić information content (AvgIpc) is 2.84. The van der Waals surface area contributed by atoms with Crippen molar-refractivity contribution in [3.63, 3.8) is 0 Å². The van der Waals surface area contributed by atoms with E-state index in [-0.39, 0.29) is 18.5 Å². The van der Waals surface area contributed by atoms with Gasteiger partial charge in [0.05, 0.1) is 17.2 Å². The third kappa shape index (κ3) is 3.27. The normalized spacial score (nSPS) is 19.8. The Morgan fingerprint density at radius 3 is 2.94 bits per heavy atom. The second kappa shape index (κ2) is 5.94. The molecule has 1 unspecified atom stereocenters. The number of rotatable bonds is 4.